The number of urea groups is 1. The molecule has 1 saturated heterocycles. The Balaban J connectivity index is 1.38. The van der Waals surface area contributed by atoms with Gasteiger partial charge in [0.1, 0.15) is 12.9 Å². The van der Waals surface area contributed by atoms with Crippen LogP contribution in [0.25, 0.3) is 0 Å². The summed E-state index contributed by atoms with van der Waals surface area (Å²) in [6.45, 7) is 7.04. The number of aromatic nitrogens is 1. The Morgan fingerprint density at radius 3 is 2.53 bits per heavy atom. The minimum atomic E-state index is 0.0841. The fraction of sp³-hybridized carbons (Fsp3) is 0.435. The number of carbonyl (C=O) groups is 1. The van der Waals surface area contributed by atoms with Crippen molar-refractivity contribution < 1.29 is 14.4 Å². The first-order valence-corrected chi connectivity index (χ1v) is 10.4. The molecule has 0 atom stereocenters. The van der Waals surface area contributed by atoms with Crippen molar-refractivity contribution in [2.75, 3.05) is 38.3 Å². The normalized spacial score (nSPS) is 14.0. The Hall–Kier alpha value is -3.09. The number of hydrogen-bond acceptors (Lipinski definition) is 5. The molecule has 1 aromatic carbocycles. The molecule has 0 unspecified atom stereocenters. The van der Waals surface area contributed by atoms with Gasteiger partial charge in [-0.1, -0.05) is 5.16 Å². The van der Waals surface area contributed by atoms with Gasteiger partial charge in [-0.3, -0.25) is 9.88 Å². The standard InChI is InChI=1S/C23H30N4O3/c1-18-15-20(17-25-29-3)16-19(2)22(18)30-14-6-4-5-11-26-12-13-27(23(26)28)21-7-9-24-10-8-21/h7-10,15-17H,4-6,11-14H2,1-3H3/b25-17+. The Kier molecular flexibility index (Phi) is 7.65. The highest BCUT2D eigenvalue weighted by molar-refractivity contribution is 5.94. The lowest BCUT2D eigenvalue weighted by atomic mass is 10.1. The smallest absolute Gasteiger partial charge is 0.324 e. The maximum absolute atomic E-state index is 12.6. The molecule has 0 radical (unpaired) electrons. The van der Waals surface area contributed by atoms with Gasteiger partial charge in [0.2, 0.25) is 0 Å². The van der Waals surface area contributed by atoms with Gasteiger partial charge in [-0.2, -0.15) is 0 Å². The third kappa shape index (κ3) is 5.49. The first-order chi connectivity index (χ1) is 14.6. The molecule has 2 amide bonds. The third-order valence-electron chi connectivity index (χ3n) is 5.18. The van der Waals surface area contributed by atoms with E-state index in [9.17, 15) is 4.79 Å². The third-order valence-corrected chi connectivity index (χ3v) is 5.18. The van der Waals surface area contributed by atoms with Crippen LogP contribution in [0.3, 0.4) is 0 Å². The summed E-state index contributed by atoms with van der Waals surface area (Å²) in [6.07, 6.45) is 8.09. The van der Waals surface area contributed by atoms with Crippen molar-refractivity contribution >= 4 is 17.9 Å². The molecule has 1 fully saturated rings. The summed E-state index contributed by atoms with van der Waals surface area (Å²) in [5.41, 5.74) is 4.09. The zero-order chi connectivity index (χ0) is 21.3. The average Bonchev–Trinajstić information content (AvgIpc) is 3.11. The minimum absolute atomic E-state index is 0.0841. The van der Waals surface area contributed by atoms with E-state index in [0.717, 1.165) is 67.0 Å². The van der Waals surface area contributed by atoms with Gasteiger partial charge in [0.05, 0.1) is 12.8 Å². The topological polar surface area (TPSA) is 67.3 Å². The highest BCUT2D eigenvalue weighted by Gasteiger charge is 2.28. The van der Waals surface area contributed by atoms with E-state index in [1.54, 1.807) is 18.6 Å². The fourth-order valence-corrected chi connectivity index (χ4v) is 3.71. The lowest BCUT2D eigenvalue weighted by Gasteiger charge is -2.18. The van der Waals surface area contributed by atoms with Gasteiger partial charge >= 0.3 is 6.03 Å². The number of benzene rings is 1. The monoisotopic (exact) mass is 410 g/mol. The molecule has 0 aliphatic carbocycles. The second-order valence-electron chi connectivity index (χ2n) is 7.44. The number of nitrogens with zero attached hydrogens (tertiary/aromatic N) is 4. The van der Waals surface area contributed by atoms with Crippen molar-refractivity contribution in [2.45, 2.75) is 33.1 Å². The van der Waals surface area contributed by atoms with Crippen LogP contribution in [-0.2, 0) is 4.84 Å². The molecule has 0 saturated carbocycles. The molecule has 160 valence electrons. The second kappa shape index (κ2) is 10.6. The number of ether oxygens (including phenoxy) is 1. The summed E-state index contributed by atoms with van der Waals surface area (Å²) in [5.74, 6) is 0.937. The van der Waals surface area contributed by atoms with Crippen LogP contribution in [0.4, 0.5) is 10.5 Å². The predicted octanol–water partition coefficient (Wildman–Crippen LogP) is 4.17. The Labute approximate surface area is 178 Å². The molecule has 2 aromatic rings. The Morgan fingerprint density at radius 1 is 1.10 bits per heavy atom. The average molecular weight is 411 g/mol. The zero-order valence-corrected chi connectivity index (χ0v) is 18.0. The number of unbranched alkanes of at least 4 members (excludes halogenated alkanes) is 2. The maximum Gasteiger partial charge on any atom is 0.324 e. The van der Waals surface area contributed by atoms with Crippen molar-refractivity contribution in [1.29, 1.82) is 0 Å². The second-order valence-corrected chi connectivity index (χ2v) is 7.44. The molecular formula is C23H30N4O3. The predicted molar refractivity (Wildman–Crippen MR) is 118 cm³/mol. The van der Waals surface area contributed by atoms with E-state index in [4.69, 9.17) is 9.57 Å². The number of aryl methyl sites for hydroxylation is 2. The number of carbonyl (C=O) groups excluding carboxylic acids is 1. The van der Waals surface area contributed by atoms with Gasteiger partial charge < -0.3 is 14.5 Å². The number of oxime groups is 1. The highest BCUT2D eigenvalue weighted by Crippen LogP contribution is 2.25. The van der Waals surface area contributed by atoms with E-state index < -0.39 is 0 Å². The molecule has 1 aliphatic rings. The largest absolute Gasteiger partial charge is 0.493 e. The number of amides is 2. The van der Waals surface area contributed by atoms with Gasteiger partial charge in [0.15, 0.2) is 0 Å². The quantitative estimate of drug-likeness (QED) is 0.335. The van der Waals surface area contributed by atoms with Gasteiger partial charge in [0.25, 0.3) is 0 Å². The van der Waals surface area contributed by atoms with Crippen molar-refractivity contribution in [1.82, 2.24) is 9.88 Å². The summed E-state index contributed by atoms with van der Waals surface area (Å²) in [7, 11) is 1.53. The summed E-state index contributed by atoms with van der Waals surface area (Å²) in [4.78, 5) is 25.1. The minimum Gasteiger partial charge on any atom is -0.493 e. The summed E-state index contributed by atoms with van der Waals surface area (Å²) in [5, 5.41) is 3.81. The van der Waals surface area contributed by atoms with Crippen LogP contribution in [0.1, 0.15) is 36.0 Å². The lowest BCUT2D eigenvalue weighted by molar-refractivity contribution is 0.215. The van der Waals surface area contributed by atoms with E-state index in [1.165, 1.54) is 7.11 Å². The molecule has 0 N–H and O–H groups in total. The van der Waals surface area contributed by atoms with Crippen LogP contribution >= 0.6 is 0 Å². The number of anilines is 1. The van der Waals surface area contributed by atoms with Crippen molar-refractivity contribution in [2.24, 2.45) is 5.16 Å². The molecule has 7 heteroatoms. The van der Waals surface area contributed by atoms with Crippen molar-refractivity contribution in [3.8, 4) is 5.75 Å². The fourth-order valence-electron chi connectivity index (χ4n) is 3.71. The first kappa shape index (κ1) is 21.6. The number of rotatable bonds is 10. The van der Waals surface area contributed by atoms with Gasteiger partial charge in [-0.25, -0.2) is 4.79 Å². The summed E-state index contributed by atoms with van der Waals surface area (Å²) in [6, 6.07) is 7.91. The molecule has 1 aromatic heterocycles. The van der Waals surface area contributed by atoms with Gasteiger partial charge in [-0.05, 0) is 74.1 Å². The molecule has 2 heterocycles. The van der Waals surface area contributed by atoms with Crippen LogP contribution in [0.2, 0.25) is 0 Å². The summed E-state index contributed by atoms with van der Waals surface area (Å²) >= 11 is 0. The number of pyridine rings is 1. The molecule has 0 bridgehead atoms. The van der Waals surface area contributed by atoms with E-state index >= 15 is 0 Å². The Bertz CT molecular complexity index is 847. The molecule has 1 aliphatic heterocycles. The van der Waals surface area contributed by atoms with Crippen LogP contribution < -0.4 is 9.64 Å². The van der Waals surface area contributed by atoms with Gasteiger partial charge in [-0.15, -0.1) is 0 Å². The van der Waals surface area contributed by atoms with Crippen molar-refractivity contribution in [3.05, 3.63) is 53.3 Å². The highest BCUT2D eigenvalue weighted by atomic mass is 16.6. The molecule has 3 rings (SSSR count). The zero-order valence-electron chi connectivity index (χ0n) is 18.0. The molecular weight excluding hydrogens is 380 g/mol. The first-order valence-electron chi connectivity index (χ1n) is 10.4. The molecule has 30 heavy (non-hydrogen) atoms. The van der Waals surface area contributed by atoms with E-state index in [1.807, 2.05) is 47.9 Å². The molecule has 0 spiro atoms. The van der Waals surface area contributed by atoms with Crippen LogP contribution in [-0.4, -0.2) is 55.5 Å². The maximum atomic E-state index is 12.6. The van der Waals surface area contributed by atoms with Crippen LogP contribution in [0.5, 0.6) is 5.75 Å². The van der Waals surface area contributed by atoms with Crippen LogP contribution in [0, 0.1) is 13.8 Å². The van der Waals surface area contributed by atoms with Gasteiger partial charge in [0, 0.05) is 37.7 Å². The van der Waals surface area contributed by atoms with Crippen molar-refractivity contribution in [3.63, 3.8) is 0 Å². The summed E-state index contributed by atoms with van der Waals surface area (Å²) < 4.78 is 6.02. The SMILES string of the molecule is CO/N=C/c1cc(C)c(OCCCCCN2CCN(c3ccncc3)C2=O)c(C)c1. The van der Waals surface area contributed by atoms with Crippen LogP contribution in [0.15, 0.2) is 41.8 Å². The molecule has 7 nitrogen and oxygen atoms in total. The number of hydrogen-bond donors (Lipinski definition) is 0. The van der Waals surface area contributed by atoms with E-state index in [-0.39, 0.29) is 6.03 Å². The van der Waals surface area contributed by atoms with E-state index in [2.05, 4.69) is 10.1 Å². The van der Waals surface area contributed by atoms with E-state index in [0.29, 0.717) is 6.61 Å². The lowest BCUT2D eigenvalue weighted by Crippen LogP contribution is -2.32. The Morgan fingerprint density at radius 2 is 1.83 bits per heavy atom.